The summed E-state index contributed by atoms with van der Waals surface area (Å²) in [4.78, 5) is 2.00. The molecule has 0 atom stereocenters. The van der Waals surface area contributed by atoms with E-state index in [4.69, 9.17) is 10.5 Å². The van der Waals surface area contributed by atoms with E-state index in [1.54, 1.807) is 0 Å². The molecule has 0 amide bonds. The highest BCUT2D eigenvalue weighted by atomic mass is 15.1. The van der Waals surface area contributed by atoms with Crippen molar-refractivity contribution in [1.82, 2.24) is 10.2 Å². The lowest BCUT2D eigenvalue weighted by atomic mass is 9.90. The summed E-state index contributed by atoms with van der Waals surface area (Å²) in [6.45, 7) is 3.91. The van der Waals surface area contributed by atoms with Crippen LogP contribution >= 0.6 is 0 Å². The summed E-state index contributed by atoms with van der Waals surface area (Å²) in [6, 6.07) is 5.35. The monoisotopic (exact) mass is 220 g/mol. The van der Waals surface area contributed by atoms with Gasteiger partial charge in [-0.15, -0.1) is 0 Å². The van der Waals surface area contributed by atoms with Crippen LogP contribution in [0.15, 0.2) is 0 Å². The van der Waals surface area contributed by atoms with Gasteiger partial charge < -0.3 is 5.32 Å². The molecule has 0 aliphatic heterocycles. The molecule has 4 nitrogen and oxygen atoms in total. The Morgan fingerprint density at radius 1 is 1.12 bits per heavy atom. The molecule has 0 bridgehead atoms. The van der Waals surface area contributed by atoms with Crippen molar-refractivity contribution >= 4 is 0 Å². The van der Waals surface area contributed by atoms with Gasteiger partial charge in [0.2, 0.25) is 0 Å². The highest BCUT2D eigenvalue weighted by molar-refractivity contribution is 4.91. The van der Waals surface area contributed by atoms with Gasteiger partial charge in [-0.05, 0) is 32.2 Å². The third kappa shape index (κ3) is 3.81. The largest absolute Gasteiger partial charge is 0.314 e. The molecule has 1 aliphatic rings. The van der Waals surface area contributed by atoms with Crippen molar-refractivity contribution in [3.63, 3.8) is 0 Å². The molecule has 1 rings (SSSR count). The molecule has 0 aromatic heterocycles. The standard InChI is InChI=1S/C12H20N4/c1-2-15-11-3-5-12(6-4-11)16(9-7-13)10-8-14/h11-12,15H,2-6,9-10H2,1H3. The fourth-order valence-corrected chi connectivity index (χ4v) is 2.43. The van der Waals surface area contributed by atoms with Gasteiger partial charge >= 0.3 is 0 Å². The van der Waals surface area contributed by atoms with E-state index in [1.165, 1.54) is 0 Å². The van der Waals surface area contributed by atoms with Gasteiger partial charge in [0.1, 0.15) is 0 Å². The molecule has 0 aromatic carbocycles. The molecule has 0 spiro atoms. The van der Waals surface area contributed by atoms with Crippen LogP contribution in [0.3, 0.4) is 0 Å². The van der Waals surface area contributed by atoms with Crippen LogP contribution in [0.4, 0.5) is 0 Å². The third-order valence-corrected chi connectivity index (χ3v) is 3.25. The van der Waals surface area contributed by atoms with Crippen molar-refractivity contribution in [3.05, 3.63) is 0 Å². The first kappa shape index (κ1) is 13.0. The molecule has 4 heteroatoms. The van der Waals surface area contributed by atoms with Crippen LogP contribution < -0.4 is 5.32 Å². The Morgan fingerprint density at radius 2 is 1.69 bits per heavy atom. The minimum Gasteiger partial charge on any atom is -0.314 e. The van der Waals surface area contributed by atoms with Crippen molar-refractivity contribution in [3.8, 4) is 12.1 Å². The second kappa shape index (κ2) is 7.22. The SMILES string of the molecule is CCNC1CCC(N(CC#N)CC#N)CC1. The van der Waals surface area contributed by atoms with Crippen molar-refractivity contribution in [2.24, 2.45) is 0 Å². The summed E-state index contributed by atoms with van der Waals surface area (Å²) in [5.74, 6) is 0. The van der Waals surface area contributed by atoms with Crippen LogP contribution in [0.2, 0.25) is 0 Å². The smallest absolute Gasteiger partial charge is 0.0876 e. The zero-order valence-electron chi connectivity index (χ0n) is 9.95. The number of nitriles is 2. The molecule has 1 fully saturated rings. The lowest BCUT2D eigenvalue weighted by Crippen LogP contribution is -2.42. The quantitative estimate of drug-likeness (QED) is 0.708. The highest BCUT2D eigenvalue weighted by Gasteiger charge is 2.24. The van der Waals surface area contributed by atoms with Crippen molar-refractivity contribution < 1.29 is 0 Å². The summed E-state index contributed by atoms with van der Waals surface area (Å²) in [5, 5.41) is 20.9. The second-order valence-electron chi connectivity index (χ2n) is 4.28. The average molecular weight is 220 g/mol. The fourth-order valence-electron chi connectivity index (χ4n) is 2.43. The summed E-state index contributed by atoms with van der Waals surface area (Å²) in [6.07, 6.45) is 4.51. The molecule has 16 heavy (non-hydrogen) atoms. The van der Waals surface area contributed by atoms with E-state index >= 15 is 0 Å². The Hall–Kier alpha value is -1.10. The van der Waals surface area contributed by atoms with Crippen LogP contribution in [0.1, 0.15) is 32.6 Å². The van der Waals surface area contributed by atoms with Crippen molar-refractivity contribution in [2.75, 3.05) is 19.6 Å². The summed E-state index contributed by atoms with van der Waals surface area (Å²) >= 11 is 0. The van der Waals surface area contributed by atoms with Crippen LogP contribution in [0.5, 0.6) is 0 Å². The highest BCUT2D eigenvalue weighted by Crippen LogP contribution is 2.22. The molecule has 1 saturated carbocycles. The predicted molar refractivity (Wildman–Crippen MR) is 62.5 cm³/mol. The average Bonchev–Trinajstić information content (AvgIpc) is 2.30. The Balaban J connectivity index is 2.38. The number of nitrogens with zero attached hydrogens (tertiary/aromatic N) is 3. The topological polar surface area (TPSA) is 62.9 Å². The molecule has 88 valence electrons. The number of hydrogen-bond donors (Lipinski definition) is 1. The third-order valence-electron chi connectivity index (χ3n) is 3.25. The minimum atomic E-state index is 0.379. The van der Waals surface area contributed by atoms with Gasteiger partial charge in [0.25, 0.3) is 0 Å². The molecular formula is C12H20N4. The molecule has 0 saturated heterocycles. The number of hydrogen-bond acceptors (Lipinski definition) is 4. The Labute approximate surface area is 97.8 Å². The van der Waals surface area contributed by atoms with Gasteiger partial charge in [-0.1, -0.05) is 6.92 Å². The molecule has 0 radical (unpaired) electrons. The lowest BCUT2D eigenvalue weighted by molar-refractivity contribution is 0.176. The van der Waals surface area contributed by atoms with Crippen molar-refractivity contribution in [1.29, 1.82) is 10.5 Å². The normalized spacial score (nSPS) is 25.0. The van der Waals surface area contributed by atoms with Gasteiger partial charge in [0.15, 0.2) is 0 Å². The zero-order valence-corrected chi connectivity index (χ0v) is 9.95. The van der Waals surface area contributed by atoms with E-state index in [-0.39, 0.29) is 0 Å². The summed E-state index contributed by atoms with van der Waals surface area (Å²) < 4.78 is 0. The van der Waals surface area contributed by atoms with E-state index in [0.29, 0.717) is 25.2 Å². The lowest BCUT2D eigenvalue weighted by Gasteiger charge is -2.34. The van der Waals surface area contributed by atoms with Gasteiger partial charge in [-0.25, -0.2) is 0 Å². The number of rotatable bonds is 5. The molecule has 0 heterocycles. The van der Waals surface area contributed by atoms with Crippen molar-refractivity contribution in [2.45, 2.75) is 44.7 Å². The van der Waals surface area contributed by atoms with E-state index in [9.17, 15) is 0 Å². The van der Waals surface area contributed by atoms with E-state index in [2.05, 4.69) is 24.4 Å². The van der Waals surface area contributed by atoms with Crippen LogP contribution in [0, 0.1) is 22.7 Å². The maximum Gasteiger partial charge on any atom is 0.0876 e. The predicted octanol–water partition coefficient (Wildman–Crippen LogP) is 1.26. The van der Waals surface area contributed by atoms with Gasteiger partial charge in [0, 0.05) is 12.1 Å². The Morgan fingerprint density at radius 3 is 2.12 bits per heavy atom. The maximum absolute atomic E-state index is 8.72. The first-order valence-electron chi connectivity index (χ1n) is 6.03. The molecule has 0 aromatic rings. The van der Waals surface area contributed by atoms with E-state index < -0.39 is 0 Å². The number of nitrogens with one attached hydrogen (secondary N) is 1. The molecule has 0 unspecified atom stereocenters. The van der Waals surface area contributed by atoms with E-state index in [0.717, 1.165) is 32.2 Å². The summed E-state index contributed by atoms with van der Waals surface area (Å²) in [5.41, 5.74) is 0. The van der Waals surface area contributed by atoms with Crippen LogP contribution in [-0.2, 0) is 0 Å². The molecular weight excluding hydrogens is 200 g/mol. The fraction of sp³-hybridized carbons (Fsp3) is 0.833. The molecule has 1 aliphatic carbocycles. The summed E-state index contributed by atoms with van der Waals surface area (Å²) in [7, 11) is 0. The molecule has 1 N–H and O–H groups in total. The first-order chi connectivity index (χ1) is 7.81. The Bertz CT molecular complexity index is 252. The minimum absolute atomic E-state index is 0.379. The second-order valence-corrected chi connectivity index (χ2v) is 4.28. The van der Waals surface area contributed by atoms with Gasteiger partial charge in [-0.3, -0.25) is 4.90 Å². The maximum atomic E-state index is 8.72. The van der Waals surface area contributed by atoms with Gasteiger partial charge in [0.05, 0.1) is 25.2 Å². The van der Waals surface area contributed by atoms with Gasteiger partial charge in [-0.2, -0.15) is 10.5 Å². The van der Waals surface area contributed by atoms with Crippen LogP contribution in [0.25, 0.3) is 0 Å². The zero-order chi connectivity index (χ0) is 11.8. The first-order valence-corrected chi connectivity index (χ1v) is 6.03. The van der Waals surface area contributed by atoms with Crippen LogP contribution in [-0.4, -0.2) is 36.6 Å². The van der Waals surface area contributed by atoms with E-state index in [1.807, 2.05) is 4.90 Å². The Kier molecular flexibility index (Phi) is 5.85.